The van der Waals surface area contributed by atoms with Gasteiger partial charge in [-0.2, -0.15) is 0 Å². The van der Waals surface area contributed by atoms with Crippen molar-refractivity contribution in [3.8, 4) is 5.75 Å². The van der Waals surface area contributed by atoms with Crippen LogP contribution in [0.4, 0.5) is 11.4 Å². The van der Waals surface area contributed by atoms with E-state index in [0.29, 0.717) is 34.6 Å². The summed E-state index contributed by atoms with van der Waals surface area (Å²) < 4.78 is 7.36. The van der Waals surface area contributed by atoms with Gasteiger partial charge in [0.2, 0.25) is 5.91 Å². The van der Waals surface area contributed by atoms with Gasteiger partial charge in [-0.1, -0.05) is 6.42 Å². The number of benzene rings is 2. The van der Waals surface area contributed by atoms with Crippen LogP contribution in [0, 0.1) is 0 Å². The number of aromatic nitrogens is 2. The first-order chi connectivity index (χ1) is 15.0. The van der Waals surface area contributed by atoms with Crippen LogP contribution in [0.2, 0.25) is 0 Å². The van der Waals surface area contributed by atoms with E-state index in [-0.39, 0.29) is 24.0 Å². The first-order valence-electron chi connectivity index (χ1n) is 10.3. The molecule has 8 nitrogen and oxygen atoms in total. The molecule has 0 saturated carbocycles. The maximum absolute atomic E-state index is 12.9. The molecule has 2 amide bonds. The maximum Gasteiger partial charge on any atom is 0.262 e. The van der Waals surface area contributed by atoms with Gasteiger partial charge in [-0.05, 0) is 55.3 Å². The number of hydrogen-bond donors (Lipinski definition) is 2. The number of carbonyl (C=O) groups excluding carboxylic acids is 2. The molecule has 8 heteroatoms. The molecule has 1 aromatic heterocycles. The maximum atomic E-state index is 12.9. The van der Waals surface area contributed by atoms with Gasteiger partial charge >= 0.3 is 0 Å². The second-order valence-electron chi connectivity index (χ2n) is 7.57. The molecule has 4 rings (SSSR count). The van der Waals surface area contributed by atoms with E-state index in [1.165, 1.54) is 6.92 Å². The van der Waals surface area contributed by atoms with Crippen LogP contribution >= 0.6 is 0 Å². The summed E-state index contributed by atoms with van der Waals surface area (Å²) in [6.07, 6.45) is 3.93. The third-order valence-corrected chi connectivity index (χ3v) is 5.15. The second-order valence-corrected chi connectivity index (χ2v) is 7.57. The molecule has 1 aliphatic rings. The highest BCUT2D eigenvalue weighted by Gasteiger charge is 2.14. The zero-order valence-electron chi connectivity index (χ0n) is 17.3. The van der Waals surface area contributed by atoms with E-state index < -0.39 is 0 Å². The van der Waals surface area contributed by atoms with E-state index in [0.717, 1.165) is 31.5 Å². The standard InChI is InChI=1S/C23H24N4O4/c1-15(28)24-16-6-8-17(9-7-16)25-22(29)14-31-18-10-11-20-19(13-18)23(30)27-12-4-2-3-5-21(27)26-20/h6-11,13H,2-5,12,14H2,1H3,(H,24,28)(H,25,29). The van der Waals surface area contributed by atoms with E-state index >= 15 is 0 Å². The van der Waals surface area contributed by atoms with Gasteiger partial charge in [0.05, 0.1) is 10.9 Å². The summed E-state index contributed by atoms with van der Waals surface area (Å²) in [7, 11) is 0. The van der Waals surface area contributed by atoms with Gasteiger partial charge in [0.1, 0.15) is 11.6 Å². The van der Waals surface area contributed by atoms with Gasteiger partial charge in [-0.15, -0.1) is 0 Å². The lowest BCUT2D eigenvalue weighted by atomic mass is 10.2. The molecule has 3 aromatic rings. The number of amides is 2. The third-order valence-electron chi connectivity index (χ3n) is 5.15. The Kier molecular flexibility index (Phi) is 5.97. The number of aryl methyl sites for hydroxylation is 1. The first-order valence-corrected chi connectivity index (χ1v) is 10.3. The van der Waals surface area contributed by atoms with Crippen LogP contribution in [0.25, 0.3) is 10.9 Å². The number of nitrogens with zero attached hydrogens (tertiary/aromatic N) is 2. The average molecular weight is 420 g/mol. The Morgan fingerprint density at radius 1 is 1.03 bits per heavy atom. The van der Waals surface area contributed by atoms with Gasteiger partial charge < -0.3 is 15.4 Å². The number of nitrogens with one attached hydrogen (secondary N) is 2. The van der Waals surface area contributed by atoms with Crippen molar-refractivity contribution in [2.24, 2.45) is 0 Å². The fourth-order valence-electron chi connectivity index (χ4n) is 3.67. The Labute approximate surface area is 179 Å². The Balaban J connectivity index is 1.42. The number of ether oxygens (including phenoxy) is 1. The lowest BCUT2D eigenvalue weighted by Crippen LogP contribution is -2.24. The van der Waals surface area contributed by atoms with Crippen molar-refractivity contribution in [2.45, 2.75) is 39.2 Å². The lowest BCUT2D eigenvalue weighted by Gasteiger charge is -2.12. The number of rotatable bonds is 5. The summed E-state index contributed by atoms with van der Waals surface area (Å²) in [5.74, 6) is 0.792. The van der Waals surface area contributed by atoms with Crippen molar-refractivity contribution in [3.63, 3.8) is 0 Å². The van der Waals surface area contributed by atoms with Crippen LogP contribution in [0.15, 0.2) is 47.3 Å². The topological polar surface area (TPSA) is 102 Å². The van der Waals surface area contributed by atoms with Crippen molar-refractivity contribution in [2.75, 3.05) is 17.2 Å². The summed E-state index contributed by atoms with van der Waals surface area (Å²) in [5, 5.41) is 5.90. The molecule has 0 unspecified atom stereocenters. The number of carbonyl (C=O) groups is 2. The molecule has 2 heterocycles. The van der Waals surface area contributed by atoms with E-state index in [4.69, 9.17) is 4.74 Å². The monoisotopic (exact) mass is 420 g/mol. The Morgan fingerprint density at radius 3 is 2.52 bits per heavy atom. The molecule has 31 heavy (non-hydrogen) atoms. The minimum absolute atomic E-state index is 0.0592. The predicted octanol–water partition coefficient (Wildman–Crippen LogP) is 3.10. The zero-order chi connectivity index (χ0) is 21.8. The normalized spacial score (nSPS) is 13.2. The van der Waals surface area contributed by atoms with Crippen LogP contribution in [0.5, 0.6) is 5.75 Å². The second kappa shape index (κ2) is 8.99. The summed E-state index contributed by atoms with van der Waals surface area (Å²) >= 11 is 0. The van der Waals surface area contributed by atoms with E-state index in [1.54, 1.807) is 47.0 Å². The Bertz CT molecular complexity index is 1180. The molecule has 0 radical (unpaired) electrons. The third kappa shape index (κ3) is 4.91. The zero-order valence-corrected chi connectivity index (χ0v) is 17.3. The number of hydrogen-bond acceptors (Lipinski definition) is 5. The minimum atomic E-state index is -0.329. The minimum Gasteiger partial charge on any atom is -0.484 e. The largest absolute Gasteiger partial charge is 0.484 e. The molecule has 160 valence electrons. The molecular formula is C23H24N4O4. The van der Waals surface area contributed by atoms with Gasteiger partial charge in [0.25, 0.3) is 11.5 Å². The van der Waals surface area contributed by atoms with Crippen molar-refractivity contribution in [1.29, 1.82) is 0 Å². The highest BCUT2D eigenvalue weighted by atomic mass is 16.5. The van der Waals surface area contributed by atoms with Gasteiger partial charge in [-0.25, -0.2) is 4.98 Å². The lowest BCUT2D eigenvalue weighted by molar-refractivity contribution is -0.118. The number of fused-ring (bicyclic) bond motifs is 2. The van der Waals surface area contributed by atoms with E-state index in [2.05, 4.69) is 15.6 Å². The molecule has 0 saturated heterocycles. The van der Waals surface area contributed by atoms with Crippen LogP contribution < -0.4 is 20.9 Å². The first kappa shape index (κ1) is 20.6. The van der Waals surface area contributed by atoms with Crippen LogP contribution in [0.3, 0.4) is 0 Å². The van der Waals surface area contributed by atoms with Crippen LogP contribution in [-0.4, -0.2) is 28.0 Å². The molecule has 2 aromatic carbocycles. The molecule has 0 aliphatic carbocycles. The van der Waals surface area contributed by atoms with Crippen LogP contribution in [0.1, 0.15) is 32.0 Å². The van der Waals surface area contributed by atoms with Crippen molar-refractivity contribution in [3.05, 3.63) is 58.6 Å². The van der Waals surface area contributed by atoms with Gasteiger partial charge in [0, 0.05) is 31.3 Å². The molecule has 0 bridgehead atoms. The van der Waals surface area contributed by atoms with Gasteiger partial charge in [0.15, 0.2) is 6.61 Å². The summed E-state index contributed by atoms with van der Waals surface area (Å²) in [6, 6.07) is 11.9. The average Bonchev–Trinajstić information content (AvgIpc) is 2.99. The molecule has 0 fully saturated rings. The Hall–Kier alpha value is -3.68. The smallest absolute Gasteiger partial charge is 0.262 e. The van der Waals surface area contributed by atoms with Crippen molar-refractivity contribution >= 4 is 34.1 Å². The molecule has 2 N–H and O–H groups in total. The summed E-state index contributed by atoms with van der Waals surface area (Å²) in [5.41, 5.74) is 1.83. The van der Waals surface area contributed by atoms with Crippen molar-refractivity contribution in [1.82, 2.24) is 9.55 Å². The molecule has 0 atom stereocenters. The SMILES string of the molecule is CC(=O)Nc1ccc(NC(=O)COc2ccc3nc4n(c(=O)c3c2)CCCCC4)cc1. The van der Waals surface area contributed by atoms with Crippen molar-refractivity contribution < 1.29 is 14.3 Å². The highest BCUT2D eigenvalue weighted by molar-refractivity contribution is 5.93. The highest BCUT2D eigenvalue weighted by Crippen LogP contribution is 2.20. The van der Waals surface area contributed by atoms with Crippen LogP contribution in [-0.2, 0) is 22.6 Å². The van der Waals surface area contributed by atoms with Gasteiger partial charge in [-0.3, -0.25) is 19.0 Å². The fraction of sp³-hybridized carbons (Fsp3) is 0.304. The summed E-state index contributed by atoms with van der Waals surface area (Å²) in [4.78, 5) is 40.9. The fourth-order valence-corrected chi connectivity index (χ4v) is 3.67. The molecule has 1 aliphatic heterocycles. The Morgan fingerprint density at radius 2 is 1.77 bits per heavy atom. The summed E-state index contributed by atoms with van der Waals surface area (Å²) in [6.45, 7) is 1.92. The number of anilines is 2. The van der Waals surface area contributed by atoms with E-state index in [1.807, 2.05) is 0 Å². The predicted molar refractivity (Wildman–Crippen MR) is 118 cm³/mol. The molecular weight excluding hydrogens is 396 g/mol. The van der Waals surface area contributed by atoms with E-state index in [9.17, 15) is 14.4 Å². The molecule has 0 spiro atoms. The quantitative estimate of drug-likeness (QED) is 0.660.